The molecule has 0 saturated heterocycles. The van der Waals surface area contributed by atoms with Gasteiger partial charge in [-0.15, -0.1) is 6.42 Å². The molecular weight excluding hydrogens is 141 g/mol. The SMILES string of the molecule is C#Cc1ccc(C=N)cc1F. The first kappa shape index (κ1) is 7.49. The first-order chi connectivity index (χ1) is 5.27. The summed E-state index contributed by atoms with van der Waals surface area (Å²) < 4.78 is 12.8. The van der Waals surface area contributed by atoms with Gasteiger partial charge in [-0.2, -0.15) is 0 Å². The second-order valence-electron chi connectivity index (χ2n) is 2.03. The smallest absolute Gasteiger partial charge is 0.139 e. The lowest BCUT2D eigenvalue weighted by molar-refractivity contribution is 0.624. The van der Waals surface area contributed by atoms with Gasteiger partial charge in [-0.3, -0.25) is 0 Å². The summed E-state index contributed by atoms with van der Waals surface area (Å²) in [5.74, 6) is 1.75. The molecule has 1 rings (SSSR count). The van der Waals surface area contributed by atoms with E-state index in [9.17, 15) is 4.39 Å². The third-order valence-corrected chi connectivity index (χ3v) is 1.32. The van der Waals surface area contributed by atoms with E-state index in [1.807, 2.05) is 0 Å². The molecule has 0 spiro atoms. The number of terminal acetylenes is 1. The van der Waals surface area contributed by atoms with Crippen molar-refractivity contribution in [3.63, 3.8) is 0 Å². The number of hydrogen-bond donors (Lipinski definition) is 1. The van der Waals surface area contributed by atoms with E-state index in [1.54, 1.807) is 6.07 Å². The minimum Gasteiger partial charge on any atom is -0.308 e. The molecule has 1 aromatic carbocycles. The lowest BCUT2D eigenvalue weighted by Gasteiger charge is -1.94. The van der Waals surface area contributed by atoms with Gasteiger partial charge in [0.2, 0.25) is 0 Å². The number of hydrogen-bond acceptors (Lipinski definition) is 1. The fourth-order valence-corrected chi connectivity index (χ4v) is 0.738. The van der Waals surface area contributed by atoms with E-state index in [1.165, 1.54) is 12.1 Å². The van der Waals surface area contributed by atoms with E-state index in [2.05, 4.69) is 5.92 Å². The third-order valence-electron chi connectivity index (χ3n) is 1.32. The van der Waals surface area contributed by atoms with Crippen molar-refractivity contribution in [2.45, 2.75) is 0 Å². The average Bonchev–Trinajstić information content (AvgIpc) is 2.04. The van der Waals surface area contributed by atoms with Gasteiger partial charge in [0.15, 0.2) is 0 Å². The van der Waals surface area contributed by atoms with Crippen LogP contribution in [0, 0.1) is 23.6 Å². The van der Waals surface area contributed by atoms with Gasteiger partial charge in [-0.05, 0) is 17.7 Å². The summed E-state index contributed by atoms with van der Waals surface area (Å²) in [6.45, 7) is 0. The Balaban J connectivity index is 3.22. The van der Waals surface area contributed by atoms with Crippen LogP contribution in [-0.2, 0) is 0 Å². The fourth-order valence-electron chi connectivity index (χ4n) is 0.738. The molecule has 0 aliphatic carbocycles. The third kappa shape index (κ3) is 1.44. The van der Waals surface area contributed by atoms with Gasteiger partial charge in [0, 0.05) is 6.21 Å². The van der Waals surface area contributed by atoms with Crippen molar-refractivity contribution in [1.29, 1.82) is 5.41 Å². The maximum atomic E-state index is 12.8. The molecule has 1 N–H and O–H groups in total. The van der Waals surface area contributed by atoms with Gasteiger partial charge >= 0.3 is 0 Å². The number of halogens is 1. The van der Waals surface area contributed by atoms with Crippen molar-refractivity contribution < 1.29 is 4.39 Å². The van der Waals surface area contributed by atoms with Crippen molar-refractivity contribution in [1.82, 2.24) is 0 Å². The van der Waals surface area contributed by atoms with E-state index in [4.69, 9.17) is 11.8 Å². The summed E-state index contributed by atoms with van der Waals surface area (Å²) in [6.07, 6.45) is 6.07. The maximum Gasteiger partial charge on any atom is 0.139 e. The summed E-state index contributed by atoms with van der Waals surface area (Å²) in [5, 5.41) is 6.82. The summed E-state index contributed by atoms with van der Waals surface area (Å²) >= 11 is 0. The first-order valence-electron chi connectivity index (χ1n) is 3.04. The van der Waals surface area contributed by atoms with Crippen LogP contribution >= 0.6 is 0 Å². The Hall–Kier alpha value is -1.62. The Labute approximate surface area is 64.4 Å². The molecule has 1 aromatic rings. The zero-order valence-electron chi connectivity index (χ0n) is 5.76. The Bertz CT molecular complexity index is 323. The van der Waals surface area contributed by atoms with E-state index < -0.39 is 5.82 Å². The van der Waals surface area contributed by atoms with E-state index in [-0.39, 0.29) is 5.56 Å². The quantitative estimate of drug-likeness (QED) is 0.462. The van der Waals surface area contributed by atoms with Crippen LogP contribution in [0.1, 0.15) is 11.1 Å². The van der Waals surface area contributed by atoms with Crippen molar-refractivity contribution in [3.05, 3.63) is 35.1 Å². The highest BCUT2D eigenvalue weighted by Crippen LogP contribution is 2.07. The number of nitrogens with one attached hydrogen (secondary N) is 1. The Morgan fingerprint density at radius 3 is 2.73 bits per heavy atom. The maximum absolute atomic E-state index is 12.8. The highest BCUT2D eigenvalue weighted by atomic mass is 19.1. The highest BCUT2D eigenvalue weighted by Gasteiger charge is 1.97. The van der Waals surface area contributed by atoms with Crippen molar-refractivity contribution in [2.24, 2.45) is 0 Å². The second-order valence-corrected chi connectivity index (χ2v) is 2.03. The van der Waals surface area contributed by atoms with Crippen LogP contribution in [0.4, 0.5) is 4.39 Å². The van der Waals surface area contributed by atoms with Crippen LogP contribution < -0.4 is 0 Å². The van der Waals surface area contributed by atoms with Crippen molar-refractivity contribution >= 4 is 6.21 Å². The van der Waals surface area contributed by atoms with Crippen molar-refractivity contribution in [3.8, 4) is 12.3 Å². The normalized spacial score (nSPS) is 8.73. The first-order valence-corrected chi connectivity index (χ1v) is 3.04. The molecule has 11 heavy (non-hydrogen) atoms. The zero-order chi connectivity index (χ0) is 8.27. The molecule has 0 aliphatic rings. The lowest BCUT2D eigenvalue weighted by Crippen LogP contribution is -1.86. The lowest BCUT2D eigenvalue weighted by atomic mass is 10.1. The highest BCUT2D eigenvalue weighted by molar-refractivity contribution is 5.77. The van der Waals surface area contributed by atoms with Gasteiger partial charge in [-0.25, -0.2) is 4.39 Å². The molecule has 0 atom stereocenters. The Morgan fingerprint density at radius 1 is 1.55 bits per heavy atom. The Kier molecular flexibility index (Phi) is 2.03. The van der Waals surface area contributed by atoms with Gasteiger partial charge in [-0.1, -0.05) is 12.0 Å². The van der Waals surface area contributed by atoms with Gasteiger partial charge in [0.1, 0.15) is 5.82 Å². The van der Waals surface area contributed by atoms with E-state index in [0.29, 0.717) is 5.56 Å². The number of rotatable bonds is 1. The zero-order valence-corrected chi connectivity index (χ0v) is 5.76. The molecule has 0 radical (unpaired) electrons. The summed E-state index contributed by atoms with van der Waals surface area (Å²) in [6, 6.07) is 4.32. The molecule has 0 aromatic heterocycles. The molecule has 0 heterocycles. The Morgan fingerprint density at radius 2 is 2.27 bits per heavy atom. The molecule has 0 bridgehead atoms. The predicted molar refractivity (Wildman–Crippen MR) is 42.2 cm³/mol. The monoisotopic (exact) mass is 147 g/mol. The molecule has 2 heteroatoms. The van der Waals surface area contributed by atoms with Crippen LogP contribution in [0.3, 0.4) is 0 Å². The van der Waals surface area contributed by atoms with Crippen molar-refractivity contribution in [2.75, 3.05) is 0 Å². The fraction of sp³-hybridized carbons (Fsp3) is 0. The predicted octanol–water partition coefficient (Wildman–Crippen LogP) is 1.80. The molecule has 0 unspecified atom stereocenters. The van der Waals surface area contributed by atoms with E-state index in [0.717, 1.165) is 6.21 Å². The van der Waals surface area contributed by atoms with Crippen LogP contribution in [0.15, 0.2) is 18.2 Å². The molecule has 54 valence electrons. The molecule has 0 aliphatic heterocycles. The van der Waals surface area contributed by atoms with Gasteiger partial charge in [0.05, 0.1) is 5.56 Å². The van der Waals surface area contributed by atoms with Gasteiger partial charge in [0.25, 0.3) is 0 Å². The van der Waals surface area contributed by atoms with E-state index >= 15 is 0 Å². The second kappa shape index (κ2) is 2.98. The summed E-state index contributed by atoms with van der Waals surface area (Å²) in [5.41, 5.74) is 0.747. The summed E-state index contributed by atoms with van der Waals surface area (Å²) in [7, 11) is 0. The van der Waals surface area contributed by atoms with Crippen LogP contribution in [0.5, 0.6) is 0 Å². The average molecular weight is 147 g/mol. The summed E-state index contributed by atoms with van der Waals surface area (Å²) in [4.78, 5) is 0. The topological polar surface area (TPSA) is 23.9 Å². The van der Waals surface area contributed by atoms with Crippen LogP contribution in [0.2, 0.25) is 0 Å². The molecule has 0 amide bonds. The minimum absolute atomic E-state index is 0.232. The molecule has 1 nitrogen and oxygen atoms in total. The molecule has 0 fully saturated rings. The molecular formula is C9H6FN. The minimum atomic E-state index is -0.450. The largest absolute Gasteiger partial charge is 0.308 e. The standard InChI is InChI=1S/C9H6FN/c1-2-8-4-3-7(6-11)5-9(8)10/h1,3-6,11H. The van der Waals surface area contributed by atoms with Crippen LogP contribution in [0.25, 0.3) is 0 Å². The van der Waals surface area contributed by atoms with Gasteiger partial charge < -0.3 is 5.41 Å². The number of benzene rings is 1. The van der Waals surface area contributed by atoms with Crippen LogP contribution in [-0.4, -0.2) is 6.21 Å². The molecule has 0 saturated carbocycles.